The van der Waals surface area contributed by atoms with E-state index in [0.29, 0.717) is 51.0 Å². The van der Waals surface area contributed by atoms with Crippen molar-refractivity contribution in [2.45, 2.75) is 13.8 Å². The van der Waals surface area contributed by atoms with E-state index in [2.05, 4.69) is 0 Å². The van der Waals surface area contributed by atoms with Crippen molar-refractivity contribution in [1.29, 1.82) is 0 Å². The van der Waals surface area contributed by atoms with E-state index in [1.807, 2.05) is 19.1 Å². The van der Waals surface area contributed by atoms with Gasteiger partial charge in [-0.2, -0.15) is 0 Å². The molecule has 3 aromatic carbocycles. The molecule has 4 rings (SSSR count). The lowest BCUT2D eigenvalue weighted by Crippen LogP contribution is -2.09. The number of rotatable bonds is 6. The van der Waals surface area contributed by atoms with Crippen molar-refractivity contribution < 1.29 is 33.3 Å². The maximum atomic E-state index is 13.0. The highest BCUT2D eigenvalue weighted by Gasteiger charge is 2.31. The van der Waals surface area contributed by atoms with E-state index in [-0.39, 0.29) is 11.5 Å². The van der Waals surface area contributed by atoms with Gasteiger partial charge in [-0.05, 0) is 50.3 Å². The predicted octanol–water partition coefficient (Wildman–Crippen LogP) is 5.16. The maximum Gasteiger partial charge on any atom is 0.343 e. The summed E-state index contributed by atoms with van der Waals surface area (Å²) in [5.74, 6) is 1.49. The second-order valence-corrected chi connectivity index (χ2v) is 7.71. The predicted molar refractivity (Wildman–Crippen MR) is 126 cm³/mol. The van der Waals surface area contributed by atoms with E-state index >= 15 is 0 Å². The molecule has 0 saturated heterocycles. The highest BCUT2D eigenvalue weighted by molar-refractivity contribution is 6.15. The van der Waals surface area contributed by atoms with Crippen LogP contribution in [0.25, 0.3) is 6.08 Å². The lowest BCUT2D eigenvalue weighted by molar-refractivity contribution is 0.0733. The van der Waals surface area contributed by atoms with Crippen molar-refractivity contribution in [2.24, 2.45) is 0 Å². The Balaban J connectivity index is 1.65. The Morgan fingerprint density at radius 3 is 2.12 bits per heavy atom. The van der Waals surface area contributed by atoms with Gasteiger partial charge in [0.1, 0.15) is 17.2 Å². The van der Waals surface area contributed by atoms with Gasteiger partial charge >= 0.3 is 5.97 Å². The maximum absolute atomic E-state index is 13.0. The van der Waals surface area contributed by atoms with Crippen LogP contribution in [0, 0.1) is 13.8 Å². The number of benzene rings is 3. The molecule has 0 N–H and O–H groups in total. The van der Waals surface area contributed by atoms with Crippen LogP contribution in [0.5, 0.6) is 28.7 Å². The third-order valence-corrected chi connectivity index (χ3v) is 5.55. The van der Waals surface area contributed by atoms with E-state index in [1.165, 1.54) is 21.3 Å². The zero-order valence-electron chi connectivity index (χ0n) is 19.6. The molecule has 0 unspecified atom stereocenters. The number of allylic oxidation sites excluding steroid dienone is 1. The van der Waals surface area contributed by atoms with Crippen molar-refractivity contribution in [2.75, 3.05) is 21.3 Å². The molecular weight excluding hydrogens is 436 g/mol. The summed E-state index contributed by atoms with van der Waals surface area (Å²) in [4.78, 5) is 25.6. The number of hydrogen-bond acceptors (Lipinski definition) is 7. The fourth-order valence-corrected chi connectivity index (χ4v) is 3.63. The summed E-state index contributed by atoms with van der Waals surface area (Å²) in [6, 6.07) is 13.7. The largest absolute Gasteiger partial charge is 0.496 e. The molecule has 0 radical (unpaired) electrons. The number of carbonyl (C=O) groups is 2. The molecule has 34 heavy (non-hydrogen) atoms. The standard InChI is InChI=1S/C27H24O7/c1-15-6-8-17(9-7-15)27(29)34-20-11-10-19-25(28)24(33-26(19)16(20)2)13-18-12-22(31-4)23(32-5)14-21(18)30-3/h6-14H,1-5H3/b24-13-. The number of hydrogen-bond donors (Lipinski definition) is 0. The van der Waals surface area contributed by atoms with Gasteiger partial charge in [-0.1, -0.05) is 17.7 Å². The van der Waals surface area contributed by atoms with Gasteiger partial charge in [-0.3, -0.25) is 4.79 Å². The molecule has 3 aromatic rings. The van der Waals surface area contributed by atoms with Gasteiger partial charge in [-0.25, -0.2) is 4.79 Å². The summed E-state index contributed by atoms with van der Waals surface area (Å²) in [5, 5.41) is 0. The number of methoxy groups -OCH3 is 3. The first-order valence-electron chi connectivity index (χ1n) is 10.5. The lowest BCUT2D eigenvalue weighted by atomic mass is 10.1. The number of Topliss-reactive ketones (excluding diaryl/α,β-unsaturated/α-hetero) is 1. The van der Waals surface area contributed by atoms with Crippen molar-refractivity contribution in [1.82, 2.24) is 0 Å². The Bertz CT molecular complexity index is 1300. The molecule has 0 amide bonds. The van der Waals surface area contributed by atoms with Crippen LogP contribution in [0.3, 0.4) is 0 Å². The molecule has 0 aliphatic carbocycles. The van der Waals surface area contributed by atoms with E-state index in [9.17, 15) is 9.59 Å². The van der Waals surface area contributed by atoms with Crippen LogP contribution in [0.2, 0.25) is 0 Å². The second-order valence-electron chi connectivity index (χ2n) is 7.71. The van der Waals surface area contributed by atoms with Crippen LogP contribution in [-0.2, 0) is 0 Å². The minimum Gasteiger partial charge on any atom is -0.496 e. The smallest absolute Gasteiger partial charge is 0.343 e. The molecule has 0 saturated carbocycles. The summed E-state index contributed by atoms with van der Waals surface area (Å²) in [7, 11) is 4.58. The van der Waals surface area contributed by atoms with Crippen LogP contribution in [0.15, 0.2) is 54.3 Å². The third kappa shape index (κ3) is 4.20. The average molecular weight is 460 g/mol. The summed E-state index contributed by atoms with van der Waals surface area (Å²) in [6.07, 6.45) is 1.58. The molecule has 174 valence electrons. The number of aryl methyl sites for hydroxylation is 1. The number of fused-ring (bicyclic) bond motifs is 1. The Morgan fingerprint density at radius 2 is 1.47 bits per heavy atom. The Hall–Kier alpha value is -4.26. The highest BCUT2D eigenvalue weighted by atomic mass is 16.5. The van der Waals surface area contributed by atoms with Gasteiger partial charge in [-0.15, -0.1) is 0 Å². The molecule has 0 aromatic heterocycles. The van der Waals surface area contributed by atoms with Crippen LogP contribution in [-0.4, -0.2) is 33.1 Å². The third-order valence-electron chi connectivity index (χ3n) is 5.55. The molecule has 0 fully saturated rings. The Labute approximate surface area is 197 Å². The molecule has 7 nitrogen and oxygen atoms in total. The number of esters is 1. The first-order valence-corrected chi connectivity index (χ1v) is 10.5. The molecule has 0 atom stereocenters. The van der Waals surface area contributed by atoms with Crippen molar-refractivity contribution >= 4 is 17.8 Å². The average Bonchev–Trinajstić information content (AvgIpc) is 3.16. The molecule has 0 bridgehead atoms. The van der Waals surface area contributed by atoms with Crippen molar-refractivity contribution in [3.8, 4) is 28.7 Å². The highest BCUT2D eigenvalue weighted by Crippen LogP contribution is 2.41. The first kappa shape index (κ1) is 22.9. The topological polar surface area (TPSA) is 80.3 Å². The van der Waals surface area contributed by atoms with Crippen molar-refractivity contribution in [3.63, 3.8) is 0 Å². The molecule has 1 aliphatic heterocycles. The SMILES string of the molecule is COc1cc(OC)c(OC)cc1/C=C1\Oc2c(ccc(OC(=O)c3ccc(C)cc3)c2C)C1=O. The summed E-state index contributed by atoms with van der Waals surface area (Å²) in [5.41, 5.74) is 3.00. The van der Waals surface area contributed by atoms with Crippen LogP contribution >= 0.6 is 0 Å². The van der Waals surface area contributed by atoms with Gasteiger partial charge in [0.2, 0.25) is 5.78 Å². The first-order chi connectivity index (χ1) is 16.4. The molecule has 7 heteroatoms. The fourth-order valence-electron chi connectivity index (χ4n) is 3.63. The number of ketones is 1. The van der Waals surface area contributed by atoms with Gasteiger partial charge in [0.05, 0.1) is 32.5 Å². The zero-order valence-corrected chi connectivity index (χ0v) is 19.6. The normalized spacial score (nSPS) is 13.3. The van der Waals surface area contributed by atoms with Crippen LogP contribution < -0.4 is 23.7 Å². The van der Waals surface area contributed by atoms with E-state index in [1.54, 1.807) is 49.4 Å². The van der Waals surface area contributed by atoms with E-state index in [4.69, 9.17) is 23.7 Å². The lowest BCUT2D eigenvalue weighted by Gasteiger charge is -2.12. The molecule has 1 heterocycles. The van der Waals surface area contributed by atoms with Gasteiger partial charge in [0.25, 0.3) is 0 Å². The van der Waals surface area contributed by atoms with E-state index in [0.717, 1.165) is 5.56 Å². The summed E-state index contributed by atoms with van der Waals surface area (Å²) < 4.78 is 27.6. The van der Waals surface area contributed by atoms with Gasteiger partial charge < -0.3 is 23.7 Å². The number of carbonyl (C=O) groups excluding carboxylic acids is 2. The zero-order chi connectivity index (χ0) is 24.4. The molecule has 0 spiro atoms. The molecule has 1 aliphatic rings. The minimum atomic E-state index is -0.488. The second kappa shape index (κ2) is 9.31. The molecular formula is C27H24O7. The van der Waals surface area contributed by atoms with Crippen LogP contribution in [0.1, 0.15) is 37.4 Å². The van der Waals surface area contributed by atoms with Gasteiger partial charge in [0, 0.05) is 17.2 Å². The summed E-state index contributed by atoms with van der Waals surface area (Å²) >= 11 is 0. The van der Waals surface area contributed by atoms with Crippen LogP contribution in [0.4, 0.5) is 0 Å². The Morgan fingerprint density at radius 1 is 0.824 bits per heavy atom. The summed E-state index contributed by atoms with van der Waals surface area (Å²) in [6.45, 7) is 3.68. The van der Waals surface area contributed by atoms with E-state index < -0.39 is 5.97 Å². The number of ether oxygens (including phenoxy) is 5. The minimum absolute atomic E-state index is 0.116. The Kier molecular flexibility index (Phi) is 6.27. The quantitative estimate of drug-likeness (QED) is 0.285. The van der Waals surface area contributed by atoms with Crippen molar-refractivity contribution in [3.05, 3.63) is 82.1 Å². The monoisotopic (exact) mass is 460 g/mol. The van der Waals surface area contributed by atoms with Gasteiger partial charge in [0.15, 0.2) is 17.3 Å². The fraction of sp³-hybridized carbons (Fsp3) is 0.185.